The van der Waals surface area contributed by atoms with Crippen molar-refractivity contribution in [3.05, 3.63) is 0 Å². The molecular formula is C9H21N3. The second kappa shape index (κ2) is 7.10. The van der Waals surface area contributed by atoms with Crippen LogP contribution in [0.4, 0.5) is 0 Å². The summed E-state index contributed by atoms with van der Waals surface area (Å²) in [7, 11) is 4.07. The maximum atomic E-state index is 4.33. The van der Waals surface area contributed by atoms with E-state index in [0.29, 0.717) is 0 Å². The largest absolute Gasteiger partial charge is 0.364 e. The molecule has 0 spiro atoms. The summed E-state index contributed by atoms with van der Waals surface area (Å²) in [4.78, 5) is 6.52. The van der Waals surface area contributed by atoms with Crippen LogP contribution in [0.5, 0.6) is 0 Å². The lowest BCUT2D eigenvalue weighted by atomic mass is 10.4. The molecule has 0 saturated carbocycles. The lowest BCUT2D eigenvalue weighted by molar-refractivity contribution is 0.478. The van der Waals surface area contributed by atoms with E-state index in [0.717, 1.165) is 25.5 Å². The molecule has 1 N–H and O–H groups in total. The molecule has 72 valence electrons. The molecule has 0 fully saturated rings. The highest BCUT2D eigenvalue weighted by atomic mass is 15.2. The van der Waals surface area contributed by atoms with Crippen molar-refractivity contribution in [2.24, 2.45) is 4.99 Å². The van der Waals surface area contributed by atoms with E-state index < -0.39 is 0 Å². The summed E-state index contributed by atoms with van der Waals surface area (Å²) >= 11 is 0. The van der Waals surface area contributed by atoms with Crippen LogP contribution in [0.2, 0.25) is 0 Å². The highest BCUT2D eigenvalue weighted by Crippen LogP contribution is 1.89. The lowest BCUT2D eigenvalue weighted by Gasteiger charge is -2.18. The Kier molecular flexibility index (Phi) is 6.76. The Morgan fingerprint density at radius 1 is 1.50 bits per heavy atom. The molecule has 0 saturated heterocycles. The fourth-order valence-corrected chi connectivity index (χ4v) is 1.00. The Morgan fingerprint density at radius 2 is 2.17 bits per heavy atom. The summed E-state index contributed by atoms with van der Waals surface area (Å²) in [5.74, 6) is 1.13. The third-order valence-corrected chi connectivity index (χ3v) is 1.86. The van der Waals surface area contributed by atoms with Gasteiger partial charge in [-0.25, -0.2) is 0 Å². The van der Waals surface area contributed by atoms with Gasteiger partial charge < -0.3 is 10.2 Å². The van der Waals surface area contributed by atoms with Crippen LogP contribution >= 0.6 is 0 Å². The van der Waals surface area contributed by atoms with E-state index in [2.05, 4.69) is 36.1 Å². The van der Waals surface area contributed by atoms with Gasteiger partial charge in [0.05, 0.1) is 5.84 Å². The zero-order chi connectivity index (χ0) is 9.40. The van der Waals surface area contributed by atoms with E-state index >= 15 is 0 Å². The van der Waals surface area contributed by atoms with Gasteiger partial charge in [0.25, 0.3) is 0 Å². The summed E-state index contributed by atoms with van der Waals surface area (Å²) in [6.45, 7) is 7.15. The van der Waals surface area contributed by atoms with Crippen LogP contribution in [-0.2, 0) is 0 Å². The minimum atomic E-state index is 0.877. The van der Waals surface area contributed by atoms with Crippen molar-refractivity contribution in [3.8, 4) is 0 Å². The highest BCUT2D eigenvalue weighted by Gasteiger charge is 1.97. The Balaban J connectivity index is 3.56. The van der Waals surface area contributed by atoms with Gasteiger partial charge in [0.2, 0.25) is 0 Å². The van der Waals surface area contributed by atoms with E-state index in [-0.39, 0.29) is 0 Å². The summed E-state index contributed by atoms with van der Waals surface area (Å²) < 4.78 is 0. The van der Waals surface area contributed by atoms with Gasteiger partial charge in [-0.1, -0.05) is 0 Å². The van der Waals surface area contributed by atoms with Crippen molar-refractivity contribution in [1.29, 1.82) is 0 Å². The predicted octanol–water partition coefficient (Wildman–Crippen LogP) is 0.966. The SMILES string of the molecule is CC/N=C(\C)N(C)CCCNC. The zero-order valence-electron chi connectivity index (χ0n) is 8.72. The maximum absolute atomic E-state index is 4.33. The van der Waals surface area contributed by atoms with Crippen LogP contribution in [0, 0.1) is 0 Å². The number of nitrogens with one attached hydrogen (secondary N) is 1. The van der Waals surface area contributed by atoms with Gasteiger partial charge in [0.15, 0.2) is 0 Å². The average molecular weight is 171 g/mol. The molecule has 0 aromatic heterocycles. The molecule has 0 bridgehead atoms. The fourth-order valence-electron chi connectivity index (χ4n) is 1.00. The molecule has 0 aliphatic rings. The standard InChI is InChI=1S/C9H21N3/c1-5-11-9(2)12(4)8-6-7-10-3/h10H,5-8H2,1-4H3/b11-9+. The van der Waals surface area contributed by atoms with E-state index in [1.54, 1.807) is 0 Å². The molecule has 3 nitrogen and oxygen atoms in total. The molecular weight excluding hydrogens is 150 g/mol. The summed E-state index contributed by atoms with van der Waals surface area (Å²) in [5, 5.41) is 3.13. The van der Waals surface area contributed by atoms with Crippen LogP contribution in [0.1, 0.15) is 20.3 Å². The minimum absolute atomic E-state index is 0.877. The minimum Gasteiger partial charge on any atom is -0.364 e. The quantitative estimate of drug-likeness (QED) is 0.379. The van der Waals surface area contributed by atoms with Crippen molar-refractivity contribution < 1.29 is 0 Å². The molecule has 0 aliphatic carbocycles. The van der Waals surface area contributed by atoms with Crippen LogP contribution in [-0.4, -0.2) is 44.5 Å². The van der Waals surface area contributed by atoms with E-state index in [1.165, 1.54) is 6.42 Å². The van der Waals surface area contributed by atoms with E-state index in [9.17, 15) is 0 Å². The van der Waals surface area contributed by atoms with Gasteiger partial charge in [0.1, 0.15) is 0 Å². The molecule has 3 heteroatoms. The van der Waals surface area contributed by atoms with Crippen molar-refractivity contribution in [2.75, 3.05) is 33.7 Å². The normalized spacial score (nSPS) is 11.8. The van der Waals surface area contributed by atoms with E-state index in [4.69, 9.17) is 0 Å². The third kappa shape index (κ3) is 5.13. The first-order valence-electron chi connectivity index (χ1n) is 4.59. The number of aliphatic imine (C=N–C) groups is 1. The number of hydrogen-bond acceptors (Lipinski definition) is 2. The van der Waals surface area contributed by atoms with Crippen LogP contribution < -0.4 is 5.32 Å². The van der Waals surface area contributed by atoms with Gasteiger partial charge in [-0.3, -0.25) is 4.99 Å². The molecule has 12 heavy (non-hydrogen) atoms. The summed E-state index contributed by atoms with van der Waals surface area (Å²) in [5.41, 5.74) is 0. The summed E-state index contributed by atoms with van der Waals surface area (Å²) in [6.07, 6.45) is 1.17. The van der Waals surface area contributed by atoms with Crippen LogP contribution in [0.3, 0.4) is 0 Å². The van der Waals surface area contributed by atoms with Gasteiger partial charge in [-0.05, 0) is 33.9 Å². The van der Waals surface area contributed by atoms with Crippen molar-refractivity contribution in [3.63, 3.8) is 0 Å². The Bertz CT molecular complexity index is 132. The van der Waals surface area contributed by atoms with Gasteiger partial charge in [0, 0.05) is 20.1 Å². The zero-order valence-corrected chi connectivity index (χ0v) is 8.72. The maximum Gasteiger partial charge on any atom is 0.0954 e. The Hall–Kier alpha value is -0.570. The molecule has 0 rings (SSSR count). The van der Waals surface area contributed by atoms with Crippen LogP contribution in [0.15, 0.2) is 4.99 Å². The number of hydrogen-bond donors (Lipinski definition) is 1. The fraction of sp³-hybridized carbons (Fsp3) is 0.889. The third-order valence-electron chi connectivity index (χ3n) is 1.86. The number of rotatable bonds is 5. The molecule has 0 unspecified atom stereocenters. The molecule has 0 radical (unpaired) electrons. The highest BCUT2D eigenvalue weighted by molar-refractivity contribution is 5.79. The van der Waals surface area contributed by atoms with E-state index in [1.807, 2.05) is 7.05 Å². The van der Waals surface area contributed by atoms with Gasteiger partial charge in [-0.2, -0.15) is 0 Å². The first kappa shape index (κ1) is 11.4. The Labute approximate surface area is 75.9 Å². The molecule has 0 heterocycles. The second-order valence-electron chi connectivity index (χ2n) is 2.90. The smallest absolute Gasteiger partial charge is 0.0954 e. The molecule has 0 aromatic carbocycles. The monoisotopic (exact) mass is 171 g/mol. The van der Waals surface area contributed by atoms with Crippen molar-refractivity contribution >= 4 is 5.84 Å². The van der Waals surface area contributed by atoms with Crippen molar-refractivity contribution in [1.82, 2.24) is 10.2 Å². The molecule has 0 amide bonds. The molecule has 0 aliphatic heterocycles. The molecule has 0 atom stereocenters. The number of nitrogens with zero attached hydrogens (tertiary/aromatic N) is 2. The Morgan fingerprint density at radius 3 is 2.67 bits per heavy atom. The summed E-state index contributed by atoms with van der Waals surface area (Å²) in [6, 6.07) is 0. The second-order valence-corrected chi connectivity index (χ2v) is 2.90. The predicted molar refractivity (Wildman–Crippen MR) is 54.8 cm³/mol. The lowest BCUT2D eigenvalue weighted by Crippen LogP contribution is -2.27. The first-order chi connectivity index (χ1) is 5.72. The van der Waals surface area contributed by atoms with Gasteiger partial charge >= 0.3 is 0 Å². The molecule has 0 aromatic rings. The van der Waals surface area contributed by atoms with Crippen LogP contribution in [0.25, 0.3) is 0 Å². The van der Waals surface area contributed by atoms with Gasteiger partial charge in [-0.15, -0.1) is 0 Å². The topological polar surface area (TPSA) is 27.6 Å². The average Bonchev–Trinajstić information content (AvgIpc) is 2.05. The first-order valence-corrected chi connectivity index (χ1v) is 4.59. The number of amidine groups is 1. The van der Waals surface area contributed by atoms with Crippen molar-refractivity contribution in [2.45, 2.75) is 20.3 Å².